The van der Waals surface area contributed by atoms with E-state index in [0.29, 0.717) is 6.42 Å². The molecule has 0 aliphatic heterocycles. The summed E-state index contributed by atoms with van der Waals surface area (Å²) in [6.45, 7) is 3.97. The summed E-state index contributed by atoms with van der Waals surface area (Å²) in [6, 6.07) is 5.16. The fraction of sp³-hybridized carbons (Fsp3) is 0.538. The summed E-state index contributed by atoms with van der Waals surface area (Å²) in [7, 11) is -3.75. The van der Waals surface area contributed by atoms with Gasteiger partial charge >= 0.3 is 0 Å². The second-order valence-corrected chi connectivity index (χ2v) is 5.66. The highest BCUT2D eigenvalue weighted by molar-refractivity contribution is 7.86. The molecule has 19 heavy (non-hydrogen) atoms. The van der Waals surface area contributed by atoms with E-state index in [9.17, 15) is 8.42 Å². The summed E-state index contributed by atoms with van der Waals surface area (Å²) in [6.07, 6.45) is 0.626. The number of hydrogen-bond acceptors (Lipinski definition) is 5. The van der Waals surface area contributed by atoms with Crippen molar-refractivity contribution in [2.75, 3.05) is 26.4 Å². The van der Waals surface area contributed by atoms with Crippen molar-refractivity contribution in [3.63, 3.8) is 0 Å². The summed E-state index contributed by atoms with van der Waals surface area (Å²) >= 11 is 0. The van der Waals surface area contributed by atoms with E-state index >= 15 is 0 Å². The van der Waals surface area contributed by atoms with Crippen molar-refractivity contribution in [2.24, 2.45) is 0 Å². The number of rotatable bonds is 8. The summed E-state index contributed by atoms with van der Waals surface area (Å²) < 4.78 is 33.9. The molecule has 0 atom stereocenters. The maximum absolute atomic E-state index is 12.0. The number of benzene rings is 1. The molecule has 0 radical (unpaired) electrons. The van der Waals surface area contributed by atoms with Crippen molar-refractivity contribution >= 4 is 10.1 Å². The molecule has 0 saturated carbocycles. The molecule has 5 nitrogen and oxygen atoms in total. The Bertz CT molecular complexity index is 496. The molecule has 1 aromatic carbocycles. The Labute approximate surface area is 114 Å². The van der Waals surface area contributed by atoms with Crippen LogP contribution >= 0.6 is 0 Å². The zero-order valence-corrected chi connectivity index (χ0v) is 12.1. The van der Waals surface area contributed by atoms with Crippen molar-refractivity contribution in [1.82, 2.24) is 0 Å². The molecule has 0 heterocycles. The average Bonchev–Trinajstić information content (AvgIpc) is 2.38. The van der Waals surface area contributed by atoms with Gasteiger partial charge in [-0.3, -0.25) is 4.18 Å². The zero-order chi connectivity index (χ0) is 14.3. The van der Waals surface area contributed by atoms with Crippen molar-refractivity contribution in [3.8, 4) is 0 Å². The molecule has 1 aromatic rings. The molecule has 1 rings (SSSR count). The Morgan fingerprint density at radius 3 is 2.58 bits per heavy atom. The predicted octanol–water partition coefficient (Wildman–Crippen LogP) is 1.27. The van der Waals surface area contributed by atoms with E-state index in [1.54, 1.807) is 12.1 Å². The molecule has 0 aliphatic carbocycles. The molecule has 0 saturated heterocycles. The monoisotopic (exact) mass is 288 g/mol. The Morgan fingerprint density at radius 2 is 1.95 bits per heavy atom. The van der Waals surface area contributed by atoms with Gasteiger partial charge in [0.15, 0.2) is 0 Å². The van der Waals surface area contributed by atoms with Gasteiger partial charge in [0.1, 0.15) is 0 Å². The van der Waals surface area contributed by atoms with Gasteiger partial charge in [0.2, 0.25) is 0 Å². The van der Waals surface area contributed by atoms with Gasteiger partial charge in [0, 0.05) is 0 Å². The fourth-order valence-electron chi connectivity index (χ4n) is 1.66. The Balaban J connectivity index is 2.72. The second kappa shape index (κ2) is 7.59. The molecule has 6 heteroatoms. The topological polar surface area (TPSA) is 72.8 Å². The minimum absolute atomic E-state index is 0.0562. The normalized spacial score (nSPS) is 11.7. The van der Waals surface area contributed by atoms with Crippen LogP contribution < -0.4 is 0 Å². The highest BCUT2D eigenvalue weighted by Crippen LogP contribution is 2.20. The summed E-state index contributed by atoms with van der Waals surface area (Å²) in [5.74, 6) is 0. The molecule has 108 valence electrons. The minimum atomic E-state index is -3.75. The average molecular weight is 288 g/mol. The molecule has 0 fully saturated rings. The lowest BCUT2D eigenvalue weighted by atomic mass is 10.1. The van der Waals surface area contributed by atoms with Gasteiger partial charge < -0.3 is 9.84 Å². The Hall–Kier alpha value is -0.950. The third-order valence-corrected chi connectivity index (χ3v) is 3.98. The number of ether oxygens (including phenoxy) is 1. The van der Waals surface area contributed by atoms with Crippen LogP contribution in [-0.4, -0.2) is 40.0 Å². The zero-order valence-electron chi connectivity index (χ0n) is 11.3. The van der Waals surface area contributed by atoms with Crippen LogP contribution in [0.15, 0.2) is 23.1 Å². The third-order valence-electron chi connectivity index (χ3n) is 2.57. The maximum Gasteiger partial charge on any atom is 0.297 e. The molecular weight excluding hydrogens is 268 g/mol. The summed E-state index contributed by atoms with van der Waals surface area (Å²) in [5.41, 5.74) is 1.76. The van der Waals surface area contributed by atoms with Crippen LogP contribution in [0.3, 0.4) is 0 Å². The first-order valence-corrected chi connectivity index (χ1v) is 7.59. The smallest absolute Gasteiger partial charge is 0.297 e. The minimum Gasteiger partial charge on any atom is -0.394 e. The summed E-state index contributed by atoms with van der Waals surface area (Å²) in [5, 5.41) is 8.51. The lowest BCUT2D eigenvalue weighted by Crippen LogP contribution is -2.14. The lowest BCUT2D eigenvalue weighted by molar-refractivity contribution is 0.0719. The fourth-order valence-corrected chi connectivity index (χ4v) is 2.83. The highest BCUT2D eigenvalue weighted by atomic mass is 32.2. The molecule has 0 bridgehead atoms. The van der Waals surface area contributed by atoms with Crippen LogP contribution in [0.2, 0.25) is 0 Å². The SMILES string of the molecule is CCc1cc(C)ccc1S(=O)(=O)OCCOCCO. The van der Waals surface area contributed by atoms with E-state index in [4.69, 9.17) is 14.0 Å². The van der Waals surface area contributed by atoms with E-state index in [0.717, 1.165) is 11.1 Å². The van der Waals surface area contributed by atoms with Gasteiger partial charge in [-0.2, -0.15) is 8.42 Å². The van der Waals surface area contributed by atoms with Crippen LogP contribution in [0, 0.1) is 6.92 Å². The van der Waals surface area contributed by atoms with Gasteiger partial charge in [-0.15, -0.1) is 0 Å². The number of aryl methyl sites for hydroxylation is 2. The second-order valence-electron chi connectivity index (χ2n) is 4.08. The third kappa shape index (κ3) is 4.91. The van der Waals surface area contributed by atoms with Crippen LogP contribution in [-0.2, 0) is 25.5 Å². The maximum atomic E-state index is 12.0. The molecule has 0 amide bonds. The molecule has 0 unspecified atom stereocenters. The number of hydrogen-bond donors (Lipinski definition) is 1. The molecule has 0 aromatic heterocycles. The van der Waals surface area contributed by atoms with E-state index in [2.05, 4.69) is 0 Å². The van der Waals surface area contributed by atoms with Crippen molar-refractivity contribution in [3.05, 3.63) is 29.3 Å². The van der Waals surface area contributed by atoms with Gasteiger partial charge in [0.05, 0.1) is 31.3 Å². The summed E-state index contributed by atoms with van der Waals surface area (Å²) in [4.78, 5) is 0.211. The predicted molar refractivity (Wildman–Crippen MR) is 71.6 cm³/mol. The van der Waals surface area contributed by atoms with Crippen LogP contribution in [0.5, 0.6) is 0 Å². The lowest BCUT2D eigenvalue weighted by Gasteiger charge is -2.10. The molecule has 0 aliphatic rings. The van der Waals surface area contributed by atoms with Gasteiger partial charge in [-0.1, -0.05) is 24.6 Å². The van der Waals surface area contributed by atoms with E-state index in [-0.39, 0.29) is 31.3 Å². The molecule has 0 spiro atoms. The first kappa shape index (κ1) is 16.1. The molecular formula is C13H20O5S. The van der Waals surface area contributed by atoms with Crippen LogP contribution in [0.4, 0.5) is 0 Å². The van der Waals surface area contributed by atoms with Crippen LogP contribution in [0.25, 0.3) is 0 Å². The van der Waals surface area contributed by atoms with Gasteiger partial charge in [-0.25, -0.2) is 0 Å². The molecule has 1 N–H and O–H groups in total. The van der Waals surface area contributed by atoms with E-state index in [1.165, 1.54) is 0 Å². The van der Waals surface area contributed by atoms with Gasteiger partial charge in [-0.05, 0) is 25.0 Å². The number of aliphatic hydroxyl groups excluding tert-OH is 1. The van der Waals surface area contributed by atoms with Crippen molar-refractivity contribution < 1.29 is 22.4 Å². The Kier molecular flexibility index (Phi) is 6.44. The number of aliphatic hydroxyl groups is 1. The largest absolute Gasteiger partial charge is 0.394 e. The quantitative estimate of drug-likeness (QED) is 0.576. The Morgan fingerprint density at radius 1 is 1.21 bits per heavy atom. The van der Waals surface area contributed by atoms with E-state index < -0.39 is 10.1 Å². The van der Waals surface area contributed by atoms with E-state index in [1.807, 2.05) is 19.9 Å². The van der Waals surface area contributed by atoms with Crippen molar-refractivity contribution in [1.29, 1.82) is 0 Å². The standard InChI is InChI=1S/C13H20O5S/c1-3-12-10-11(2)4-5-13(12)19(15,16)18-9-8-17-7-6-14/h4-5,10,14H,3,6-9H2,1-2H3. The highest BCUT2D eigenvalue weighted by Gasteiger charge is 2.18. The first-order chi connectivity index (χ1) is 9.01. The first-order valence-electron chi connectivity index (χ1n) is 6.19. The van der Waals surface area contributed by atoms with Gasteiger partial charge in [0.25, 0.3) is 10.1 Å². The van der Waals surface area contributed by atoms with Crippen LogP contribution in [0.1, 0.15) is 18.1 Å². The van der Waals surface area contributed by atoms with Crippen molar-refractivity contribution in [2.45, 2.75) is 25.2 Å².